The molecule has 3 heteroatoms. The fourth-order valence-electron chi connectivity index (χ4n) is 2.40. The van der Waals surface area contributed by atoms with Crippen LogP contribution in [-0.2, 0) is 10.3 Å². The summed E-state index contributed by atoms with van der Waals surface area (Å²) in [6.45, 7) is 6.69. The second kappa shape index (κ2) is 5.29. The molecule has 0 saturated heterocycles. The normalized spacial score (nSPS) is 27.1. The summed E-state index contributed by atoms with van der Waals surface area (Å²) in [7, 11) is 0. The van der Waals surface area contributed by atoms with Crippen molar-refractivity contribution in [3.63, 3.8) is 0 Å². The molecule has 1 aromatic rings. The predicted molar refractivity (Wildman–Crippen MR) is 70.8 cm³/mol. The van der Waals surface area contributed by atoms with Gasteiger partial charge in [0.1, 0.15) is 5.75 Å². The molecule has 0 aliphatic heterocycles. The summed E-state index contributed by atoms with van der Waals surface area (Å²) in [6.07, 6.45) is 1.74. The van der Waals surface area contributed by atoms with Crippen LogP contribution in [0, 0.1) is 0 Å². The SMILES string of the molecule is CCOC1CC(O)(c2ccc(OC(C)C)cc2)C1. The van der Waals surface area contributed by atoms with Crippen molar-refractivity contribution < 1.29 is 14.6 Å². The quantitative estimate of drug-likeness (QED) is 0.873. The van der Waals surface area contributed by atoms with E-state index in [1.54, 1.807) is 0 Å². The van der Waals surface area contributed by atoms with Gasteiger partial charge < -0.3 is 14.6 Å². The average Bonchev–Trinajstić information content (AvgIpc) is 2.27. The van der Waals surface area contributed by atoms with Crippen LogP contribution in [0.15, 0.2) is 24.3 Å². The van der Waals surface area contributed by atoms with Gasteiger partial charge in [0, 0.05) is 19.4 Å². The molecule has 0 spiro atoms. The molecule has 0 bridgehead atoms. The Kier molecular flexibility index (Phi) is 3.93. The molecule has 0 unspecified atom stereocenters. The highest BCUT2D eigenvalue weighted by Crippen LogP contribution is 2.43. The van der Waals surface area contributed by atoms with Crippen molar-refractivity contribution in [1.82, 2.24) is 0 Å². The molecule has 1 fully saturated rings. The van der Waals surface area contributed by atoms with Gasteiger partial charge in [-0.25, -0.2) is 0 Å². The number of hydrogen-bond donors (Lipinski definition) is 1. The first-order valence-corrected chi connectivity index (χ1v) is 6.64. The van der Waals surface area contributed by atoms with E-state index in [1.807, 2.05) is 45.0 Å². The molecule has 18 heavy (non-hydrogen) atoms. The molecule has 1 aliphatic rings. The second-order valence-corrected chi connectivity index (χ2v) is 5.21. The summed E-state index contributed by atoms with van der Waals surface area (Å²) in [6, 6.07) is 7.72. The van der Waals surface area contributed by atoms with Crippen LogP contribution < -0.4 is 4.74 Å². The summed E-state index contributed by atoms with van der Waals surface area (Å²) >= 11 is 0. The Balaban J connectivity index is 1.98. The monoisotopic (exact) mass is 250 g/mol. The van der Waals surface area contributed by atoms with Crippen molar-refractivity contribution in [2.75, 3.05) is 6.61 Å². The van der Waals surface area contributed by atoms with E-state index in [9.17, 15) is 5.11 Å². The van der Waals surface area contributed by atoms with Crippen LogP contribution in [0.4, 0.5) is 0 Å². The molecule has 0 aromatic heterocycles. The molecule has 0 amide bonds. The van der Waals surface area contributed by atoms with E-state index in [0.717, 1.165) is 11.3 Å². The van der Waals surface area contributed by atoms with E-state index in [1.165, 1.54) is 0 Å². The maximum atomic E-state index is 10.4. The van der Waals surface area contributed by atoms with E-state index in [4.69, 9.17) is 9.47 Å². The molecular formula is C15H22O3. The van der Waals surface area contributed by atoms with Crippen molar-refractivity contribution in [1.29, 1.82) is 0 Å². The van der Waals surface area contributed by atoms with Gasteiger partial charge in [-0.15, -0.1) is 0 Å². The van der Waals surface area contributed by atoms with Crippen molar-refractivity contribution in [3.05, 3.63) is 29.8 Å². The van der Waals surface area contributed by atoms with Crippen LogP contribution in [-0.4, -0.2) is 23.9 Å². The van der Waals surface area contributed by atoms with Crippen LogP contribution in [0.25, 0.3) is 0 Å². The van der Waals surface area contributed by atoms with Gasteiger partial charge in [-0.1, -0.05) is 12.1 Å². The third kappa shape index (κ3) is 2.85. The zero-order valence-electron chi connectivity index (χ0n) is 11.3. The van der Waals surface area contributed by atoms with Crippen molar-refractivity contribution >= 4 is 0 Å². The Bertz CT molecular complexity index is 377. The van der Waals surface area contributed by atoms with Crippen LogP contribution in [0.5, 0.6) is 5.75 Å². The minimum absolute atomic E-state index is 0.171. The van der Waals surface area contributed by atoms with Gasteiger partial charge in [-0.05, 0) is 38.5 Å². The lowest BCUT2D eigenvalue weighted by Gasteiger charge is -2.43. The topological polar surface area (TPSA) is 38.7 Å². The van der Waals surface area contributed by atoms with Gasteiger partial charge in [0.15, 0.2) is 0 Å². The third-order valence-corrected chi connectivity index (χ3v) is 3.30. The lowest BCUT2D eigenvalue weighted by Crippen LogP contribution is -2.45. The predicted octanol–water partition coefficient (Wildman–Crippen LogP) is 2.86. The maximum Gasteiger partial charge on any atom is 0.119 e. The number of benzene rings is 1. The zero-order valence-corrected chi connectivity index (χ0v) is 11.3. The highest BCUT2D eigenvalue weighted by atomic mass is 16.5. The average molecular weight is 250 g/mol. The van der Waals surface area contributed by atoms with Crippen LogP contribution in [0.2, 0.25) is 0 Å². The van der Waals surface area contributed by atoms with Gasteiger partial charge in [0.2, 0.25) is 0 Å². The standard InChI is InChI=1S/C15H22O3/c1-4-17-14-9-15(16,10-14)12-5-7-13(8-6-12)18-11(2)3/h5-8,11,14,16H,4,9-10H2,1-3H3. The second-order valence-electron chi connectivity index (χ2n) is 5.21. The lowest BCUT2D eigenvalue weighted by atomic mass is 9.73. The Morgan fingerprint density at radius 2 is 1.89 bits per heavy atom. The van der Waals surface area contributed by atoms with Gasteiger partial charge in [0.25, 0.3) is 0 Å². The summed E-state index contributed by atoms with van der Waals surface area (Å²) in [5.74, 6) is 0.845. The number of ether oxygens (including phenoxy) is 2. The van der Waals surface area contributed by atoms with Crippen LogP contribution in [0.3, 0.4) is 0 Å². The number of hydrogen-bond acceptors (Lipinski definition) is 3. The maximum absolute atomic E-state index is 10.4. The van der Waals surface area contributed by atoms with Gasteiger partial charge in [-0.3, -0.25) is 0 Å². The largest absolute Gasteiger partial charge is 0.491 e. The third-order valence-electron chi connectivity index (χ3n) is 3.30. The molecule has 0 atom stereocenters. The van der Waals surface area contributed by atoms with Gasteiger partial charge in [0.05, 0.1) is 17.8 Å². The fraction of sp³-hybridized carbons (Fsp3) is 0.600. The van der Waals surface area contributed by atoms with E-state index in [-0.39, 0.29) is 12.2 Å². The Morgan fingerprint density at radius 3 is 2.39 bits per heavy atom. The summed E-state index contributed by atoms with van der Waals surface area (Å²) in [4.78, 5) is 0. The first kappa shape index (κ1) is 13.4. The summed E-state index contributed by atoms with van der Waals surface area (Å²) in [5.41, 5.74) is 0.241. The van der Waals surface area contributed by atoms with E-state index in [2.05, 4.69) is 0 Å². The van der Waals surface area contributed by atoms with Crippen molar-refractivity contribution in [2.24, 2.45) is 0 Å². The molecular weight excluding hydrogens is 228 g/mol. The highest BCUT2D eigenvalue weighted by molar-refractivity contribution is 5.32. The molecule has 2 rings (SSSR count). The Morgan fingerprint density at radius 1 is 1.28 bits per heavy atom. The highest BCUT2D eigenvalue weighted by Gasteiger charge is 2.44. The molecule has 0 radical (unpaired) electrons. The van der Waals surface area contributed by atoms with Crippen LogP contribution in [0.1, 0.15) is 39.2 Å². The first-order valence-electron chi connectivity index (χ1n) is 6.64. The minimum atomic E-state index is -0.712. The molecule has 1 aliphatic carbocycles. The summed E-state index contributed by atoms with van der Waals surface area (Å²) < 4.78 is 11.1. The Labute approximate surface area is 109 Å². The van der Waals surface area contributed by atoms with Crippen molar-refractivity contribution in [3.8, 4) is 5.75 Å². The molecule has 0 heterocycles. The number of aliphatic hydroxyl groups is 1. The zero-order chi connectivity index (χ0) is 13.2. The van der Waals surface area contributed by atoms with E-state index < -0.39 is 5.60 Å². The van der Waals surface area contributed by atoms with E-state index >= 15 is 0 Å². The van der Waals surface area contributed by atoms with Gasteiger partial charge in [-0.2, -0.15) is 0 Å². The molecule has 100 valence electrons. The van der Waals surface area contributed by atoms with Gasteiger partial charge >= 0.3 is 0 Å². The Hall–Kier alpha value is -1.06. The number of rotatable bonds is 5. The molecule has 1 N–H and O–H groups in total. The minimum Gasteiger partial charge on any atom is -0.491 e. The molecule has 1 saturated carbocycles. The summed E-state index contributed by atoms with van der Waals surface area (Å²) in [5, 5.41) is 10.4. The smallest absolute Gasteiger partial charge is 0.119 e. The fourth-order valence-corrected chi connectivity index (χ4v) is 2.40. The molecule has 1 aromatic carbocycles. The van der Waals surface area contributed by atoms with Crippen molar-refractivity contribution in [2.45, 2.75) is 51.4 Å². The molecule has 3 nitrogen and oxygen atoms in total. The van der Waals surface area contributed by atoms with E-state index in [0.29, 0.717) is 19.4 Å². The first-order chi connectivity index (χ1) is 8.53. The lowest BCUT2D eigenvalue weighted by molar-refractivity contribution is -0.142. The van der Waals surface area contributed by atoms with Crippen LogP contribution >= 0.6 is 0 Å².